The van der Waals surface area contributed by atoms with Gasteiger partial charge in [0.25, 0.3) is 0 Å². The number of hydrogen-bond donors (Lipinski definition) is 1. The van der Waals surface area contributed by atoms with Gasteiger partial charge in [0.05, 0.1) is 5.97 Å². The number of carboxylic acid groups (broad SMARTS) is 1. The molecule has 4 heteroatoms. The maximum Gasteiger partial charge on any atom is 1.00 e. The fraction of sp³-hybridized carbons (Fsp3) is 0.800. The summed E-state index contributed by atoms with van der Waals surface area (Å²) >= 11 is 0. The Morgan fingerprint density at radius 3 is 1.79 bits per heavy atom. The van der Waals surface area contributed by atoms with E-state index in [1.807, 2.05) is 0 Å². The molecule has 0 aromatic rings. The number of carbonyl (C=O) groups excluding carboxylic acids is 1. The van der Waals surface area contributed by atoms with Gasteiger partial charge in [-0.05, 0) is 6.42 Å². The average molecular weight is 277 g/mol. The van der Waals surface area contributed by atoms with Crippen LogP contribution >= 0.6 is 0 Å². The molecular formula is C15H28NNaO2. The van der Waals surface area contributed by atoms with Crippen molar-refractivity contribution >= 4 is 5.97 Å². The largest absolute Gasteiger partial charge is 1.00 e. The molecule has 0 fully saturated rings. The van der Waals surface area contributed by atoms with E-state index in [0.717, 1.165) is 12.8 Å². The summed E-state index contributed by atoms with van der Waals surface area (Å²) < 4.78 is 0. The standard InChI is InChI=1S/C15H29NO2.Na/c1-3-4-5-6-7-8-9-10-11-12-13-16-14(2)15(17)18;/h16H,2-13H2,1H3,(H,17,18);/q;+1/p-1. The van der Waals surface area contributed by atoms with Gasteiger partial charge in [0.1, 0.15) is 0 Å². The molecule has 0 saturated carbocycles. The normalized spacial score (nSPS) is 9.74. The van der Waals surface area contributed by atoms with Gasteiger partial charge in [-0.15, -0.1) is 0 Å². The van der Waals surface area contributed by atoms with Crippen LogP contribution in [0.5, 0.6) is 0 Å². The first-order valence-electron chi connectivity index (χ1n) is 7.32. The number of carboxylic acids is 1. The monoisotopic (exact) mass is 277 g/mol. The van der Waals surface area contributed by atoms with Gasteiger partial charge in [0.15, 0.2) is 0 Å². The molecule has 106 valence electrons. The minimum absolute atomic E-state index is 0. The molecule has 0 unspecified atom stereocenters. The smallest absolute Gasteiger partial charge is 0.543 e. The van der Waals surface area contributed by atoms with Gasteiger partial charge in [-0.2, -0.15) is 0 Å². The molecule has 0 aliphatic rings. The van der Waals surface area contributed by atoms with E-state index < -0.39 is 5.97 Å². The predicted octanol–water partition coefficient (Wildman–Crippen LogP) is -0.235. The maximum atomic E-state index is 10.3. The number of rotatable bonds is 13. The van der Waals surface area contributed by atoms with E-state index in [1.165, 1.54) is 51.4 Å². The SMILES string of the molecule is C=C(NCCCCCCCCCCCC)C(=O)[O-].[Na+]. The van der Waals surface area contributed by atoms with Crippen molar-refractivity contribution in [2.24, 2.45) is 0 Å². The minimum Gasteiger partial charge on any atom is -0.543 e. The second-order valence-corrected chi connectivity index (χ2v) is 4.87. The molecule has 1 N–H and O–H groups in total. The fourth-order valence-corrected chi connectivity index (χ4v) is 1.92. The van der Waals surface area contributed by atoms with E-state index >= 15 is 0 Å². The summed E-state index contributed by atoms with van der Waals surface area (Å²) in [5.74, 6) is -1.21. The van der Waals surface area contributed by atoms with Crippen LogP contribution < -0.4 is 40.0 Å². The molecule has 3 nitrogen and oxygen atoms in total. The summed E-state index contributed by atoms with van der Waals surface area (Å²) in [6, 6.07) is 0. The Hall–Kier alpha value is 0.0100. The Kier molecular flexibility index (Phi) is 18.0. The number of unbranched alkanes of at least 4 members (excludes halogenated alkanes) is 9. The average Bonchev–Trinajstić information content (AvgIpc) is 2.35. The van der Waals surface area contributed by atoms with Gasteiger partial charge in [0, 0.05) is 12.2 Å². The summed E-state index contributed by atoms with van der Waals surface area (Å²) in [4.78, 5) is 10.3. The molecule has 0 aromatic heterocycles. The molecule has 0 aliphatic carbocycles. The van der Waals surface area contributed by atoms with Crippen LogP contribution in [0.2, 0.25) is 0 Å². The molecule has 19 heavy (non-hydrogen) atoms. The molecule has 0 aliphatic heterocycles. The Bertz CT molecular complexity index is 232. The molecule has 0 aromatic carbocycles. The van der Waals surface area contributed by atoms with E-state index in [-0.39, 0.29) is 35.3 Å². The Morgan fingerprint density at radius 2 is 1.37 bits per heavy atom. The first-order chi connectivity index (χ1) is 8.68. The Morgan fingerprint density at radius 1 is 0.947 bits per heavy atom. The number of carbonyl (C=O) groups is 1. The van der Waals surface area contributed by atoms with Crippen LogP contribution in [0.1, 0.15) is 71.1 Å². The van der Waals surface area contributed by atoms with Crippen LogP contribution in [0.15, 0.2) is 12.3 Å². The van der Waals surface area contributed by atoms with Crippen LogP contribution in [-0.2, 0) is 4.79 Å². The van der Waals surface area contributed by atoms with Crippen LogP contribution in [0.3, 0.4) is 0 Å². The second kappa shape index (κ2) is 16.1. The molecule has 0 atom stereocenters. The number of nitrogens with one attached hydrogen (secondary N) is 1. The van der Waals surface area contributed by atoms with E-state index in [9.17, 15) is 9.90 Å². The molecule has 0 rings (SSSR count). The summed E-state index contributed by atoms with van der Waals surface area (Å²) in [7, 11) is 0. The second-order valence-electron chi connectivity index (χ2n) is 4.87. The van der Waals surface area contributed by atoms with Crippen molar-refractivity contribution < 1.29 is 39.5 Å². The van der Waals surface area contributed by atoms with Gasteiger partial charge in [0.2, 0.25) is 0 Å². The molecule has 0 heterocycles. The van der Waals surface area contributed by atoms with Crippen molar-refractivity contribution in [1.82, 2.24) is 5.32 Å². The van der Waals surface area contributed by atoms with Crippen molar-refractivity contribution in [2.75, 3.05) is 6.54 Å². The summed E-state index contributed by atoms with van der Waals surface area (Å²) in [5, 5.41) is 13.1. The summed E-state index contributed by atoms with van der Waals surface area (Å²) in [6.45, 7) is 6.29. The zero-order chi connectivity index (χ0) is 13.6. The molecule has 0 radical (unpaired) electrons. The van der Waals surface area contributed by atoms with E-state index in [4.69, 9.17) is 0 Å². The molecule has 0 spiro atoms. The van der Waals surface area contributed by atoms with Crippen molar-refractivity contribution in [2.45, 2.75) is 71.1 Å². The van der Waals surface area contributed by atoms with Crippen molar-refractivity contribution in [3.63, 3.8) is 0 Å². The van der Waals surface area contributed by atoms with Crippen molar-refractivity contribution in [3.05, 3.63) is 12.3 Å². The third kappa shape index (κ3) is 16.0. The molecule has 0 bridgehead atoms. The fourth-order valence-electron chi connectivity index (χ4n) is 1.92. The zero-order valence-corrected chi connectivity index (χ0v) is 14.8. The quantitative estimate of drug-likeness (QED) is 0.287. The van der Waals surface area contributed by atoms with Crippen molar-refractivity contribution in [1.29, 1.82) is 0 Å². The van der Waals surface area contributed by atoms with Crippen molar-refractivity contribution in [3.8, 4) is 0 Å². The Labute approximate surface area is 140 Å². The van der Waals surface area contributed by atoms with E-state index in [0.29, 0.717) is 6.54 Å². The number of aliphatic carboxylic acids is 1. The van der Waals surface area contributed by atoms with Crippen LogP contribution in [-0.4, -0.2) is 12.5 Å². The zero-order valence-electron chi connectivity index (χ0n) is 12.8. The first kappa shape index (κ1) is 21.3. The van der Waals surface area contributed by atoms with Crippen LogP contribution in [0, 0.1) is 0 Å². The van der Waals surface area contributed by atoms with Gasteiger partial charge in [-0.3, -0.25) is 0 Å². The number of hydrogen-bond acceptors (Lipinski definition) is 3. The van der Waals surface area contributed by atoms with Crippen LogP contribution in [0.25, 0.3) is 0 Å². The third-order valence-electron chi connectivity index (χ3n) is 3.12. The third-order valence-corrected chi connectivity index (χ3v) is 3.12. The maximum absolute atomic E-state index is 10.3. The van der Waals surface area contributed by atoms with E-state index in [2.05, 4.69) is 18.8 Å². The van der Waals surface area contributed by atoms with E-state index in [1.54, 1.807) is 0 Å². The summed E-state index contributed by atoms with van der Waals surface area (Å²) in [5.41, 5.74) is -0.00840. The molecule has 0 saturated heterocycles. The predicted molar refractivity (Wildman–Crippen MR) is 74.0 cm³/mol. The van der Waals surface area contributed by atoms with Gasteiger partial charge < -0.3 is 15.2 Å². The van der Waals surface area contributed by atoms with Gasteiger partial charge in [-0.25, -0.2) is 0 Å². The van der Waals surface area contributed by atoms with Crippen LogP contribution in [0.4, 0.5) is 0 Å². The molecule has 0 amide bonds. The summed E-state index contributed by atoms with van der Waals surface area (Å²) in [6.07, 6.45) is 12.8. The topological polar surface area (TPSA) is 52.2 Å². The first-order valence-corrected chi connectivity index (χ1v) is 7.32. The molecular weight excluding hydrogens is 249 g/mol. The minimum atomic E-state index is -1.21. The Balaban J connectivity index is 0. The van der Waals surface area contributed by atoms with Gasteiger partial charge in [-0.1, -0.05) is 71.3 Å². The van der Waals surface area contributed by atoms with Gasteiger partial charge >= 0.3 is 29.6 Å².